The van der Waals surface area contributed by atoms with Gasteiger partial charge < -0.3 is 10.1 Å². The van der Waals surface area contributed by atoms with E-state index in [1.165, 1.54) is 17.6 Å². The molecule has 0 saturated heterocycles. The summed E-state index contributed by atoms with van der Waals surface area (Å²) < 4.78 is 4.45. The maximum absolute atomic E-state index is 11.9. The minimum atomic E-state index is -0.732. The number of carbonyl (C=O) groups is 2. The minimum Gasteiger partial charge on any atom is -0.453 e. The van der Waals surface area contributed by atoms with Crippen molar-refractivity contribution in [3.63, 3.8) is 0 Å². The highest BCUT2D eigenvalue weighted by Crippen LogP contribution is 2.23. The molecule has 1 heterocycles. The molecule has 1 atom stereocenters. The molecule has 0 saturated carbocycles. The minimum absolute atomic E-state index is 0.0245. The molecule has 6 heteroatoms. The number of benzene rings is 1. The van der Waals surface area contributed by atoms with Crippen molar-refractivity contribution >= 4 is 23.3 Å². The quantitative estimate of drug-likeness (QED) is 0.796. The maximum atomic E-state index is 11.9. The first-order chi connectivity index (χ1) is 12.0. The highest BCUT2D eigenvalue weighted by molar-refractivity contribution is 7.10. The Hall–Kier alpha value is -2.18. The number of hydrogen-bond acceptors (Lipinski definition) is 4. The van der Waals surface area contributed by atoms with Crippen LogP contribution in [0, 0.1) is 5.92 Å². The van der Waals surface area contributed by atoms with Gasteiger partial charge in [-0.05, 0) is 29.3 Å². The standard InChI is InChI=1S/C19H24N2O3S/c1-13(2)11-14-6-8-15(9-7-14)18(16-5-4-10-25-16)20-12-17(22)21-19(23)24-3/h4-10,13,18,20H,11-12H2,1-3H3,(H,21,22,23)/p+1/t18-/m1/s1. The predicted molar refractivity (Wildman–Crippen MR) is 98.5 cm³/mol. The second kappa shape index (κ2) is 9.34. The van der Waals surface area contributed by atoms with Crippen molar-refractivity contribution in [3.8, 4) is 0 Å². The number of imide groups is 1. The fraction of sp³-hybridized carbons (Fsp3) is 0.368. The molecule has 0 unspecified atom stereocenters. The van der Waals surface area contributed by atoms with Crippen molar-refractivity contribution in [3.05, 3.63) is 57.8 Å². The molecule has 0 aliphatic rings. The summed E-state index contributed by atoms with van der Waals surface area (Å²) >= 11 is 1.66. The first-order valence-electron chi connectivity index (χ1n) is 8.33. The fourth-order valence-corrected chi connectivity index (χ4v) is 3.51. The van der Waals surface area contributed by atoms with Crippen LogP contribution in [0.5, 0.6) is 0 Å². The molecule has 3 N–H and O–H groups in total. The number of amides is 2. The summed E-state index contributed by atoms with van der Waals surface area (Å²) in [6, 6.07) is 12.6. The molecule has 0 aliphatic heterocycles. The van der Waals surface area contributed by atoms with Gasteiger partial charge in [0.2, 0.25) is 0 Å². The third kappa shape index (κ3) is 5.99. The van der Waals surface area contributed by atoms with Gasteiger partial charge in [-0.1, -0.05) is 44.2 Å². The van der Waals surface area contributed by atoms with Crippen molar-refractivity contribution in [1.29, 1.82) is 0 Å². The molecule has 5 nitrogen and oxygen atoms in total. The number of ether oxygens (including phenoxy) is 1. The van der Waals surface area contributed by atoms with Crippen LogP contribution in [0.3, 0.4) is 0 Å². The van der Waals surface area contributed by atoms with E-state index in [0.717, 1.165) is 12.0 Å². The Labute approximate surface area is 152 Å². The highest BCUT2D eigenvalue weighted by Gasteiger charge is 2.21. The summed E-state index contributed by atoms with van der Waals surface area (Å²) in [5.74, 6) is 0.248. The van der Waals surface area contributed by atoms with E-state index in [2.05, 4.69) is 54.2 Å². The molecule has 0 bridgehead atoms. The normalized spacial score (nSPS) is 12.0. The summed E-state index contributed by atoms with van der Waals surface area (Å²) in [5.41, 5.74) is 2.45. The Morgan fingerprint density at radius 2 is 1.92 bits per heavy atom. The molecule has 2 aromatic rings. The van der Waals surface area contributed by atoms with Crippen LogP contribution in [0.1, 0.15) is 35.9 Å². The smallest absolute Gasteiger partial charge is 0.413 e. The van der Waals surface area contributed by atoms with Crippen LogP contribution in [-0.2, 0) is 16.0 Å². The third-order valence-corrected chi connectivity index (χ3v) is 4.75. The lowest BCUT2D eigenvalue weighted by atomic mass is 9.99. The van der Waals surface area contributed by atoms with Gasteiger partial charge in [0.15, 0.2) is 6.54 Å². The summed E-state index contributed by atoms with van der Waals surface area (Å²) in [4.78, 5) is 24.1. The summed E-state index contributed by atoms with van der Waals surface area (Å²) in [6.07, 6.45) is 0.318. The topological polar surface area (TPSA) is 72.0 Å². The summed E-state index contributed by atoms with van der Waals surface area (Å²) in [5, 5.41) is 6.14. The van der Waals surface area contributed by atoms with Crippen LogP contribution in [0.4, 0.5) is 4.79 Å². The van der Waals surface area contributed by atoms with Gasteiger partial charge in [-0.15, -0.1) is 11.3 Å². The second-order valence-electron chi connectivity index (χ2n) is 6.31. The molecule has 2 rings (SSSR count). The number of alkyl carbamates (subject to hydrolysis) is 1. The van der Waals surface area contributed by atoms with E-state index >= 15 is 0 Å². The van der Waals surface area contributed by atoms with E-state index in [0.29, 0.717) is 5.92 Å². The summed E-state index contributed by atoms with van der Waals surface area (Å²) in [7, 11) is 1.24. The van der Waals surface area contributed by atoms with Crippen LogP contribution in [0.2, 0.25) is 0 Å². The lowest BCUT2D eigenvalue weighted by Crippen LogP contribution is -2.87. The number of quaternary nitrogens is 1. The van der Waals surface area contributed by atoms with Gasteiger partial charge in [0.1, 0.15) is 6.04 Å². The lowest BCUT2D eigenvalue weighted by molar-refractivity contribution is -0.676. The SMILES string of the molecule is COC(=O)NC(=O)C[NH2+][C@H](c1ccc(CC(C)C)cc1)c1cccs1. The highest BCUT2D eigenvalue weighted by atomic mass is 32.1. The van der Waals surface area contributed by atoms with E-state index in [-0.39, 0.29) is 18.5 Å². The Kier molecular flexibility index (Phi) is 7.16. The second-order valence-corrected chi connectivity index (χ2v) is 7.29. The van der Waals surface area contributed by atoms with E-state index in [9.17, 15) is 9.59 Å². The molecule has 0 radical (unpaired) electrons. The molecule has 134 valence electrons. The molecule has 1 aromatic heterocycles. The van der Waals surface area contributed by atoms with Crippen LogP contribution in [-0.4, -0.2) is 25.7 Å². The molecular weight excluding hydrogens is 336 g/mol. The van der Waals surface area contributed by atoms with Gasteiger partial charge in [-0.3, -0.25) is 10.1 Å². The fourth-order valence-electron chi connectivity index (χ4n) is 2.66. The number of thiophene rings is 1. The van der Waals surface area contributed by atoms with Gasteiger partial charge >= 0.3 is 6.09 Å². The third-order valence-electron chi connectivity index (χ3n) is 3.80. The van der Waals surface area contributed by atoms with Crippen molar-refractivity contribution in [2.24, 2.45) is 5.92 Å². The first-order valence-corrected chi connectivity index (χ1v) is 9.21. The van der Waals surface area contributed by atoms with Crippen molar-refractivity contribution in [2.75, 3.05) is 13.7 Å². The van der Waals surface area contributed by atoms with Crippen molar-refractivity contribution in [1.82, 2.24) is 5.32 Å². The van der Waals surface area contributed by atoms with Crippen LogP contribution >= 0.6 is 11.3 Å². The van der Waals surface area contributed by atoms with Crippen LogP contribution in [0.15, 0.2) is 41.8 Å². The maximum Gasteiger partial charge on any atom is 0.413 e. The van der Waals surface area contributed by atoms with E-state index in [1.807, 2.05) is 16.8 Å². The molecule has 1 aromatic carbocycles. The monoisotopic (exact) mass is 361 g/mol. The van der Waals surface area contributed by atoms with Gasteiger partial charge in [-0.25, -0.2) is 4.79 Å². The average molecular weight is 361 g/mol. The van der Waals surface area contributed by atoms with Crippen LogP contribution in [0.25, 0.3) is 0 Å². The zero-order chi connectivity index (χ0) is 18.2. The number of nitrogens with two attached hydrogens (primary N) is 1. The van der Waals surface area contributed by atoms with Gasteiger partial charge in [0.05, 0.1) is 12.0 Å². The number of methoxy groups -OCH3 is 1. The Bertz CT molecular complexity index is 681. The van der Waals surface area contributed by atoms with Gasteiger partial charge in [0, 0.05) is 5.56 Å². The van der Waals surface area contributed by atoms with Crippen molar-refractivity contribution < 1.29 is 19.6 Å². The van der Waals surface area contributed by atoms with E-state index < -0.39 is 6.09 Å². The number of rotatable bonds is 7. The molecule has 2 amide bonds. The predicted octanol–water partition coefficient (Wildman–Crippen LogP) is 2.48. The summed E-state index contributed by atoms with van der Waals surface area (Å²) in [6.45, 7) is 4.55. The lowest BCUT2D eigenvalue weighted by Gasteiger charge is -2.15. The number of hydrogen-bond donors (Lipinski definition) is 2. The number of carbonyl (C=O) groups excluding carboxylic acids is 2. The van der Waals surface area contributed by atoms with E-state index in [4.69, 9.17) is 0 Å². The molecular formula is C19H25N2O3S+. The van der Waals surface area contributed by atoms with Crippen molar-refractivity contribution in [2.45, 2.75) is 26.3 Å². The van der Waals surface area contributed by atoms with Gasteiger partial charge in [-0.2, -0.15) is 0 Å². The zero-order valence-electron chi connectivity index (χ0n) is 14.8. The molecule has 0 aliphatic carbocycles. The van der Waals surface area contributed by atoms with E-state index in [1.54, 1.807) is 11.3 Å². The first kappa shape index (κ1) is 19.1. The zero-order valence-corrected chi connectivity index (χ0v) is 15.6. The molecule has 0 spiro atoms. The Morgan fingerprint density at radius 1 is 1.20 bits per heavy atom. The Morgan fingerprint density at radius 3 is 2.48 bits per heavy atom. The van der Waals surface area contributed by atoms with Gasteiger partial charge in [0.25, 0.3) is 5.91 Å². The molecule has 0 fully saturated rings. The Balaban J connectivity index is 2.09. The number of nitrogens with one attached hydrogen (secondary N) is 1. The molecule has 25 heavy (non-hydrogen) atoms. The largest absolute Gasteiger partial charge is 0.453 e. The average Bonchev–Trinajstić information content (AvgIpc) is 3.10. The van der Waals surface area contributed by atoms with Crippen LogP contribution < -0.4 is 10.6 Å².